The highest BCUT2D eigenvalue weighted by Crippen LogP contribution is 2.47. The lowest BCUT2D eigenvalue weighted by Gasteiger charge is -2.44. The predicted molar refractivity (Wildman–Crippen MR) is 94.1 cm³/mol. The Morgan fingerprint density at radius 3 is 2.50 bits per heavy atom. The lowest BCUT2D eigenvalue weighted by atomic mass is 9.69. The summed E-state index contributed by atoms with van der Waals surface area (Å²) < 4.78 is 0. The van der Waals surface area contributed by atoms with E-state index in [0.29, 0.717) is 12.8 Å². The molecular weight excluding hydrogens is 300 g/mol. The van der Waals surface area contributed by atoms with E-state index in [1.807, 2.05) is 39.2 Å². The van der Waals surface area contributed by atoms with E-state index in [0.717, 1.165) is 28.8 Å². The molecule has 1 heterocycles. The molecule has 0 spiro atoms. The molecule has 1 amide bonds. The van der Waals surface area contributed by atoms with E-state index in [9.17, 15) is 9.59 Å². The lowest BCUT2D eigenvalue weighted by molar-refractivity contribution is -0.143. The maximum atomic E-state index is 13.0. The largest absolute Gasteiger partial charge is 0.294 e. The van der Waals surface area contributed by atoms with Gasteiger partial charge in [-0.3, -0.25) is 9.59 Å². The molecule has 4 nitrogen and oxygen atoms in total. The molecular formula is C20H26N2O2. The SMILES string of the molecule is Cc1cccc([C@H]2CC(=O)N(N(C)C)C3=C2C(=O)CC(C)(C)C3)c1. The summed E-state index contributed by atoms with van der Waals surface area (Å²) in [6.45, 7) is 6.24. The maximum Gasteiger partial charge on any atom is 0.242 e. The third kappa shape index (κ3) is 2.91. The first-order valence-electron chi connectivity index (χ1n) is 8.52. The fourth-order valence-corrected chi connectivity index (χ4v) is 4.04. The van der Waals surface area contributed by atoms with Gasteiger partial charge in [-0.1, -0.05) is 43.7 Å². The highest BCUT2D eigenvalue weighted by atomic mass is 16.2. The van der Waals surface area contributed by atoms with Gasteiger partial charge in [0.15, 0.2) is 5.78 Å². The van der Waals surface area contributed by atoms with Gasteiger partial charge in [0.1, 0.15) is 0 Å². The summed E-state index contributed by atoms with van der Waals surface area (Å²) in [5, 5.41) is 3.51. The van der Waals surface area contributed by atoms with Crippen LogP contribution in [0.2, 0.25) is 0 Å². The van der Waals surface area contributed by atoms with Crippen molar-refractivity contribution in [3.63, 3.8) is 0 Å². The normalized spacial score (nSPS) is 23.8. The van der Waals surface area contributed by atoms with Crippen molar-refractivity contribution >= 4 is 11.7 Å². The number of rotatable bonds is 2. The molecule has 1 atom stereocenters. The highest BCUT2D eigenvalue weighted by molar-refractivity contribution is 6.01. The van der Waals surface area contributed by atoms with Crippen molar-refractivity contribution in [1.29, 1.82) is 0 Å². The first kappa shape index (κ1) is 16.9. The number of carbonyl (C=O) groups is 2. The summed E-state index contributed by atoms with van der Waals surface area (Å²) in [4.78, 5) is 25.8. The Morgan fingerprint density at radius 1 is 1.17 bits per heavy atom. The van der Waals surface area contributed by atoms with Crippen molar-refractivity contribution in [3.8, 4) is 0 Å². The first-order chi connectivity index (χ1) is 11.2. The number of Topliss-reactive ketones (excluding diaryl/α,β-unsaturated/α-hetero) is 1. The molecule has 1 aromatic rings. The zero-order valence-corrected chi connectivity index (χ0v) is 15.2. The van der Waals surface area contributed by atoms with E-state index in [1.165, 1.54) is 0 Å². The third-order valence-electron chi connectivity index (χ3n) is 4.96. The van der Waals surface area contributed by atoms with E-state index in [2.05, 4.69) is 19.9 Å². The van der Waals surface area contributed by atoms with Gasteiger partial charge in [-0.05, 0) is 24.3 Å². The molecule has 24 heavy (non-hydrogen) atoms. The lowest BCUT2D eigenvalue weighted by Crippen LogP contribution is -2.49. The molecule has 0 aromatic heterocycles. The Kier molecular flexibility index (Phi) is 4.12. The molecule has 1 aromatic carbocycles. The minimum atomic E-state index is -0.118. The summed E-state index contributed by atoms with van der Waals surface area (Å²) in [7, 11) is 3.73. The number of amides is 1. The van der Waals surface area contributed by atoms with Gasteiger partial charge in [-0.2, -0.15) is 0 Å². The number of benzene rings is 1. The topological polar surface area (TPSA) is 40.6 Å². The van der Waals surface area contributed by atoms with Crippen molar-refractivity contribution < 1.29 is 9.59 Å². The fourth-order valence-electron chi connectivity index (χ4n) is 4.04. The van der Waals surface area contributed by atoms with Crippen molar-refractivity contribution in [2.75, 3.05) is 14.1 Å². The second kappa shape index (κ2) is 5.85. The maximum absolute atomic E-state index is 13.0. The van der Waals surface area contributed by atoms with E-state index in [4.69, 9.17) is 0 Å². The van der Waals surface area contributed by atoms with Gasteiger partial charge < -0.3 is 0 Å². The van der Waals surface area contributed by atoms with Gasteiger partial charge in [0.2, 0.25) is 5.91 Å². The Bertz CT molecular complexity index is 731. The fraction of sp³-hybridized carbons (Fsp3) is 0.500. The Morgan fingerprint density at radius 2 is 1.88 bits per heavy atom. The number of hydrogen-bond acceptors (Lipinski definition) is 3. The summed E-state index contributed by atoms with van der Waals surface area (Å²) in [5.41, 5.74) is 3.85. The van der Waals surface area contributed by atoms with Crippen LogP contribution in [0.4, 0.5) is 0 Å². The first-order valence-corrected chi connectivity index (χ1v) is 8.52. The minimum absolute atomic E-state index is 0.0655. The van der Waals surface area contributed by atoms with Gasteiger partial charge in [-0.15, -0.1) is 0 Å². The molecule has 2 aliphatic rings. The minimum Gasteiger partial charge on any atom is -0.294 e. The monoisotopic (exact) mass is 326 g/mol. The summed E-state index contributed by atoms with van der Waals surface area (Å²) in [5.74, 6) is 0.134. The zero-order valence-electron chi connectivity index (χ0n) is 15.2. The molecule has 0 radical (unpaired) electrons. The quantitative estimate of drug-likeness (QED) is 0.836. The van der Waals surface area contributed by atoms with Crippen LogP contribution in [0.1, 0.15) is 50.2 Å². The Balaban J connectivity index is 2.17. The molecule has 3 rings (SSSR count). The second-order valence-corrected chi connectivity index (χ2v) is 8.02. The van der Waals surface area contributed by atoms with Gasteiger partial charge in [0.25, 0.3) is 0 Å². The molecule has 4 heteroatoms. The molecule has 0 unspecified atom stereocenters. The smallest absolute Gasteiger partial charge is 0.242 e. The number of nitrogens with zero attached hydrogens (tertiary/aromatic N) is 2. The number of allylic oxidation sites excluding steroid dienone is 2. The number of aryl methyl sites for hydroxylation is 1. The number of ketones is 1. The predicted octanol–water partition coefficient (Wildman–Crippen LogP) is 3.43. The molecule has 0 bridgehead atoms. The standard InChI is InChI=1S/C20H26N2O2/c1-13-7-6-8-14(9-13)15-10-18(24)22(21(4)5)16-11-20(2,3)12-17(23)19(15)16/h6-9,15H,10-12H2,1-5H3/t15-/m1/s1. The van der Waals surface area contributed by atoms with Crippen LogP contribution in [0, 0.1) is 12.3 Å². The second-order valence-electron chi connectivity index (χ2n) is 8.02. The molecule has 1 aliphatic carbocycles. The number of hydrazine groups is 1. The Hall–Kier alpha value is -1.94. The average molecular weight is 326 g/mol. The molecule has 0 fully saturated rings. The van der Waals surface area contributed by atoms with Crippen LogP contribution in [-0.2, 0) is 9.59 Å². The van der Waals surface area contributed by atoms with Crippen molar-refractivity contribution in [2.24, 2.45) is 5.41 Å². The summed E-state index contributed by atoms with van der Waals surface area (Å²) >= 11 is 0. The number of hydrogen-bond donors (Lipinski definition) is 0. The van der Waals surface area contributed by atoms with E-state index in [1.54, 1.807) is 10.0 Å². The van der Waals surface area contributed by atoms with Crippen molar-refractivity contribution in [2.45, 2.75) is 46.0 Å². The molecule has 0 saturated carbocycles. The van der Waals surface area contributed by atoms with Gasteiger partial charge in [0.05, 0.1) is 0 Å². The van der Waals surface area contributed by atoms with Crippen molar-refractivity contribution in [3.05, 3.63) is 46.7 Å². The third-order valence-corrected chi connectivity index (χ3v) is 4.96. The summed E-state index contributed by atoms with van der Waals surface area (Å²) in [6, 6.07) is 8.18. The van der Waals surface area contributed by atoms with E-state index < -0.39 is 0 Å². The van der Waals surface area contributed by atoms with Gasteiger partial charge in [0, 0.05) is 44.1 Å². The molecule has 0 saturated heterocycles. The van der Waals surface area contributed by atoms with E-state index >= 15 is 0 Å². The van der Waals surface area contributed by atoms with Crippen LogP contribution in [-0.4, -0.2) is 35.8 Å². The Labute approximate surface area is 144 Å². The van der Waals surface area contributed by atoms with Gasteiger partial charge in [-0.25, -0.2) is 10.0 Å². The van der Waals surface area contributed by atoms with Crippen LogP contribution in [0.5, 0.6) is 0 Å². The summed E-state index contributed by atoms with van der Waals surface area (Å²) in [6.07, 6.45) is 1.65. The molecule has 1 aliphatic heterocycles. The number of carbonyl (C=O) groups excluding carboxylic acids is 2. The van der Waals surface area contributed by atoms with Crippen LogP contribution < -0.4 is 0 Å². The zero-order chi connectivity index (χ0) is 17.6. The van der Waals surface area contributed by atoms with Crippen LogP contribution >= 0.6 is 0 Å². The highest BCUT2D eigenvalue weighted by Gasteiger charge is 2.44. The van der Waals surface area contributed by atoms with Gasteiger partial charge >= 0.3 is 0 Å². The molecule has 0 N–H and O–H groups in total. The van der Waals surface area contributed by atoms with E-state index in [-0.39, 0.29) is 23.0 Å². The van der Waals surface area contributed by atoms with Crippen LogP contribution in [0.15, 0.2) is 35.5 Å². The van der Waals surface area contributed by atoms with Crippen molar-refractivity contribution in [1.82, 2.24) is 10.0 Å². The molecule has 128 valence electrons. The van der Waals surface area contributed by atoms with Crippen LogP contribution in [0.25, 0.3) is 0 Å². The average Bonchev–Trinajstić information content (AvgIpc) is 2.44. The van der Waals surface area contributed by atoms with Crippen LogP contribution in [0.3, 0.4) is 0 Å².